The van der Waals surface area contributed by atoms with Gasteiger partial charge in [0.25, 0.3) is 0 Å². The minimum absolute atomic E-state index is 0.209. The van der Waals surface area contributed by atoms with Crippen molar-refractivity contribution in [3.63, 3.8) is 0 Å². The number of methoxy groups -OCH3 is 2. The molecule has 0 radical (unpaired) electrons. The Balaban J connectivity index is 1.70. The zero-order valence-electron chi connectivity index (χ0n) is 13.3. The summed E-state index contributed by atoms with van der Waals surface area (Å²) in [6, 6.07) is 14.4. The van der Waals surface area contributed by atoms with Crippen LogP contribution in [0.5, 0.6) is 11.5 Å². The molecular weight excluding hydrogens is 308 g/mol. The highest BCUT2D eigenvalue weighted by atomic mass is 16.5. The molecule has 122 valence electrons. The van der Waals surface area contributed by atoms with Gasteiger partial charge in [-0.3, -0.25) is 4.79 Å². The molecule has 0 atom stereocenters. The molecule has 3 aromatic rings. The van der Waals surface area contributed by atoms with Gasteiger partial charge in [-0.25, -0.2) is 5.43 Å². The second kappa shape index (κ2) is 6.87. The summed E-state index contributed by atoms with van der Waals surface area (Å²) in [4.78, 5) is 12.1. The number of furan rings is 1. The minimum atomic E-state index is -0.414. The van der Waals surface area contributed by atoms with Crippen molar-refractivity contribution < 1.29 is 18.7 Å². The molecule has 0 aliphatic heterocycles. The third-order valence-electron chi connectivity index (χ3n) is 3.44. The van der Waals surface area contributed by atoms with Crippen molar-refractivity contribution in [2.24, 2.45) is 5.10 Å². The molecule has 0 aliphatic rings. The number of benzene rings is 2. The largest absolute Gasteiger partial charge is 0.493 e. The summed E-state index contributed by atoms with van der Waals surface area (Å²) in [6.45, 7) is 0. The molecule has 0 unspecified atom stereocenters. The lowest BCUT2D eigenvalue weighted by molar-refractivity contribution is 0.0929. The number of fused-ring (bicyclic) bond motifs is 1. The second-order valence-electron chi connectivity index (χ2n) is 4.96. The van der Waals surface area contributed by atoms with Crippen LogP contribution in [-0.2, 0) is 0 Å². The van der Waals surface area contributed by atoms with Gasteiger partial charge in [0.2, 0.25) is 0 Å². The summed E-state index contributed by atoms with van der Waals surface area (Å²) in [5, 5.41) is 4.81. The number of ether oxygens (including phenoxy) is 2. The highest BCUT2D eigenvalue weighted by molar-refractivity contribution is 5.96. The normalized spacial score (nSPS) is 10.9. The molecule has 6 nitrogen and oxygen atoms in total. The van der Waals surface area contributed by atoms with Gasteiger partial charge in [-0.05, 0) is 35.9 Å². The van der Waals surface area contributed by atoms with Crippen molar-refractivity contribution in [1.82, 2.24) is 5.43 Å². The Morgan fingerprint density at radius 1 is 1.08 bits per heavy atom. The number of hydrogen-bond acceptors (Lipinski definition) is 5. The van der Waals surface area contributed by atoms with Crippen LogP contribution in [-0.4, -0.2) is 26.3 Å². The van der Waals surface area contributed by atoms with E-state index in [0.29, 0.717) is 17.1 Å². The SMILES string of the molecule is COc1ccc(C=NNC(=O)c2cc3ccccc3o2)cc1OC. The summed E-state index contributed by atoms with van der Waals surface area (Å²) in [5.74, 6) is 1.01. The monoisotopic (exact) mass is 324 g/mol. The molecule has 24 heavy (non-hydrogen) atoms. The zero-order chi connectivity index (χ0) is 16.9. The molecule has 0 saturated heterocycles. The lowest BCUT2D eigenvalue weighted by atomic mass is 10.2. The van der Waals surface area contributed by atoms with Gasteiger partial charge >= 0.3 is 5.91 Å². The number of amides is 1. The molecular formula is C18H16N2O4. The molecule has 0 fully saturated rings. The van der Waals surface area contributed by atoms with E-state index in [-0.39, 0.29) is 5.76 Å². The first-order valence-electron chi connectivity index (χ1n) is 7.25. The quantitative estimate of drug-likeness (QED) is 0.578. The Morgan fingerprint density at radius 3 is 2.62 bits per heavy atom. The summed E-state index contributed by atoms with van der Waals surface area (Å²) in [5.41, 5.74) is 3.86. The van der Waals surface area contributed by atoms with Gasteiger partial charge in [-0.15, -0.1) is 0 Å². The maximum Gasteiger partial charge on any atom is 0.307 e. The lowest BCUT2D eigenvalue weighted by Crippen LogP contribution is -2.16. The van der Waals surface area contributed by atoms with Crippen LogP contribution in [0.15, 0.2) is 58.0 Å². The van der Waals surface area contributed by atoms with Crippen molar-refractivity contribution in [1.29, 1.82) is 0 Å². The molecule has 0 saturated carbocycles. The number of nitrogens with zero attached hydrogens (tertiary/aromatic N) is 1. The highest BCUT2D eigenvalue weighted by Crippen LogP contribution is 2.26. The molecule has 6 heteroatoms. The van der Waals surface area contributed by atoms with E-state index in [1.165, 1.54) is 6.21 Å². The van der Waals surface area contributed by atoms with Crippen molar-refractivity contribution in [2.45, 2.75) is 0 Å². The molecule has 1 aromatic heterocycles. The van der Waals surface area contributed by atoms with Crippen LogP contribution in [0.1, 0.15) is 16.1 Å². The standard InChI is InChI=1S/C18H16N2O4/c1-22-15-8-7-12(9-16(15)23-2)11-19-20-18(21)17-10-13-5-3-4-6-14(13)24-17/h3-11H,1-2H3,(H,20,21). The van der Waals surface area contributed by atoms with Crippen molar-refractivity contribution in [3.8, 4) is 11.5 Å². The maximum atomic E-state index is 12.1. The van der Waals surface area contributed by atoms with Crippen LogP contribution in [0.25, 0.3) is 11.0 Å². The van der Waals surface area contributed by atoms with Crippen molar-refractivity contribution >= 4 is 23.1 Å². The van der Waals surface area contributed by atoms with Gasteiger partial charge in [0.15, 0.2) is 17.3 Å². The molecule has 1 amide bonds. The van der Waals surface area contributed by atoms with E-state index < -0.39 is 5.91 Å². The van der Waals surface area contributed by atoms with E-state index in [0.717, 1.165) is 10.9 Å². The Kier molecular flexibility index (Phi) is 4.47. The van der Waals surface area contributed by atoms with E-state index in [2.05, 4.69) is 10.5 Å². The summed E-state index contributed by atoms with van der Waals surface area (Å²) >= 11 is 0. The molecule has 1 heterocycles. The first-order valence-corrected chi connectivity index (χ1v) is 7.25. The number of para-hydroxylation sites is 1. The predicted octanol–water partition coefficient (Wildman–Crippen LogP) is 3.21. The second-order valence-corrected chi connectivity index (χ2v) is 4.96. The average molecular weight is 324 g/mol. The Morgan fingerprint density at radius 2 is 1.88 bits per heavy atom. The fraction of sp³-hybridized carbons (Fsp3) is 0.111. The van der Waals surface area contributed by atoms with Crippen LogP contribution in [0.2, 0.25) is 0 Å². The third kappa shape index (κ3) is 3.22. The Labute approximate surface area is 138 Å². The number of carbonyl (C=O) groups excluding carboxylic acids is 1. The van der Waals surface area contributed by atoms with Gasteiger partial charge in [-0.2, -0.15) is 5.10 Å². The van der Waals surface area contributed by atoms with Crippen LogP contribution in [0.4, 0.5) is 0 Å². The van der Waals surface area contributed by atoms with Gasteiger partial charge in [0.1, 0.15) is 5.58 Å². The lowest BCUT2D eigenvalue weighted by Gasteiger charge is -2.07. The number of hydrazone groups is 1. The van der Waals surface area contributed by atoms with E-state index in [1.54, 1.807) is 44.6 Å². The third-order valence-corrected chi connectivity index (χ3v) is 3.44. The fourth-order valence-electron chi connectivity index (χ4n) is 2.25. The van der Waals surface area contributed by atoms with Crippen LogP contribution in [0, 0.1) is 0 Å². The summed E-state index contributed by atoms with van der Waals surface area (Å²) in [6.07, 6.45) is 1.52. The van der Waals surface area contributed by atoms with Crippen molar-refractivity contribution in [2.75, 3.05) is 14.2 Å². The first-order chi connectivity index (χ1) is 11.7. The van der Waals surface area contributed by atoms with Gasteiger partial charge < -0.3 is 13.9 Å². The van der Waals surface area contributed by atoms with Crippen LogP contribution in [0.3, 0.4) is 0 Å². The predicted molar refractivity (Wildman–Crippen MR) is 90.8 cm³/mol. The molecule has 3 rings (SSSR count). The summed E-state index contributed by atoms with van der Waals surface area (Å²) in [7, 11) is 3.13. The maximum absolute atomic E-state index is 12.1. The first kappa shape index (κ1) is 15.6. The Bertz CT molecular complexity index is 866. The van der Waals surface area contributed by atoms with Gasteiger partial charge in [-0.1, -0.05) is 18.2 Å². The molecule has 2 aromatic carbocycles. The zero-order valence-corrected chi connectivity index (χ0v) is 13.3. The average Bonchev–Trinajstić information content (AvgIpc) is 3.05. The van der Waals surface area contributed by atoms with Crippen LogP contribution < -0.4 is 14.9 Å². The topological polar surface area (TPSA) is 73.1 Å². The molecule has 0 aliphatic carbocycles. The van der Waals surface area contributed by atoms with Gasteiger partial charge in [0.05, 0.1) is 20.4 Å². The number of carbonyl (C=O) groups is 1. The highest BCUT2D eigenvalue weighted by Gasteiger charge is 2.11. The molecule has 0 spiro atoms. The van der Waals surface area contributed by atoms with E-state index in [4.69, 9.17) is 13.9 Å². The van der Waals surface area contributed by atoms with Crippen molar-refractivity contribution in [3.05, 3.63) is 59.9 Å². The molecule has 0 bridgehead atoms. The van der Waals surface area contributed by atoms with E-state index in [1.807, 2.05) is 18.2 Å². The van der Waals surface area contributed by atoms with Gasteiger partial charge in [0, 0.05) is 5.39 Å². The number of nitrogens with one attached hydrogen (secondary N) is 1. The van der Waals surface area contributed by atoms with E-state index in [9.17, 15) is 4.79 Å². The van der Waals surface area contributed by atoms with Crippen LogP contribution >= 0.6 is 0 Å². The minimum Gasteiger partial charge on any atom is -0.493 e. The Hall–Kier alpha value is -3.28. The number of rotatable bonds is 5. The molecule has 1 N–H and O–H groups in total. The van der Waals surface area contributed by atoms with E-state index >= 15 is 0 Å². The fourth-order valence-corrected chi connectivity index (χ4v) is 2.25. The summed E-state index contributed by atoms with van der Waals surface area (Å²) < 4.78 is 15.9. The number of hydrogen-bond donors (Lipinski definition) is 1. The smallest absolute Gasteiger partial charge is 0.307 e.